The quantitative estimate of drug-likeness (QED) is 0.903. The number of hydrogen-bond donors (Lipinski definition) is 1. The van der Waals surface area contributed by atoms with Crippen molar-refractivity contribution in [2.45, 2.75) is 46.0 Å². The maximum absolute atomic E-state index is 12.0. The zero-order valence-corrected chi connectivity index (χ0v) is 13.4. The maximum atomic E-state index is 12.0. The first kappa shape index (κ1) is 15.9. The topological polar surface area (TPSA) is 75.2 Å². The van der Waals surface area contributed by atoms with Crippen molar-refractivity contribution in [2.24, 2.45) is 5.92 Å². The Kier molecular flexibility index (Phi) is 5.67. The van der Waals surface area contributed by atoms with Crippen LogP contribution in [0.3, 0.4) is 0 Å². The molecular weight excluding hydrogens is 288 g/mol. The Labute approximate surface area is 128 Å². The molecule has 1 aromatic heterocycles. The zero-order valence-electron chi connectivity index (χ0n) is 12.6. The van der Waals surface area contributed by atoms with Crippen LogP contribution >= 0.6 is 11.3 Å². The molecule has 2 rings (SSSR count). The Morgan fingerprint density at radius 1 is 1.29 bits per heavy atom. The third-order valence-electron chi connectivity index (χ3n) is 3.72. The predicted octanol–water partition coefficient (Wildman–Crippen LogP) is 2.08. The fourth-order valence-electron chi connectivity index (χ4n) is 2.27. The lowest BCUT2D eigenvalue weighted by molar-refractivity contribution is -0.134. The zero-order chi connectivity index (χ0) is 15.2. The van der Waals surface area contributed by atoms with E-state index in [1.54, 1.807) is 0 Å². The minimum Gasteiger partial charge on any atom is -0.343 e. The predicted molar refractivity (Wildman–Crippen MR) is 82.1 cm³/mol. The Balaban J connectivity index is 1.72. The smallest absolute Gasteiger partial charge is 0.226 e. The molecule has 1 saturated heterocycles. The van der Waals surface area contributed by atoms with Crippen LogP contribution in [0.15, 0.2) is 0 Å². The summed E-state index contributed by atoms with van der Waals surface area (Å²) in [4.78, 5) is 25.7. The van der Waals surface area contributed by atoms with Gasteiger partial charge < -0.3 is 10.2 Å². The summed E-state index contributed by atoms with van der Waals surface area (Å²) < 4.78 is 0. The van der Waals surface area contributed by atoms with Gasteiger partial charge in [-0.15, -0.1) is 10.2 Å². The molecule has 1 aliphatic rings. The fraction of sp³-hybridized carbons (Fsp3) is 0.714. The highest BCUT2D eigenvalue weighted by atomic mass is 32.1. The molecule has 21 heavy (non-hydrogen) atoms. The summed E-state index contributed by atoms with van der Waals surface area (Å²) in [7, 11) is 0. The van der Waals surface area contributed by atoms with E-state index in [1.165, 1.54) is 11.3 Å². The number of nitrogens with one attached hydrogen (secondary N) is 1. The van der Waals surface area contributed by atoms with E-state index in [4.69, 9.17) is 0 Å². The number of anilines is 1. The molecule has 116 valence electrons. The standard InChI is InChI=1S/C14H22N4O2S/c1-3-12-16-17-14(21-12)15-11(19)4-5-13(20)18-8-6-10(2)7-9-18/h10H,3-9H2,1-2H3,(H,15,17,19). The van der Waals surface area contributed by atoms with Crippen LogP contribution in [0.5, 0.6) is 0 Å². The molecule has 0 bridgehead atoms. The van der Waals surface area contributed by atoms with E-state index in [-0.39, 0.29) is 24.7 Å². The summed E-state index contributed by atoms with van der Waals surface area (Å²) in [6.45, 7) is 5.84. The van der Waals surface area contributed by atoms with Crippen molar-refractivity contribution in [1.29, 1.82) is 0 Å². The molecule has 0 unspecified atom stereocenters. The summed E-state index contributed by atoms with van der Waals surface area (Å²) >= 11 is 1.37. The molecule has 0 aliphatic carbocycles. The van der Waals surface area contributed by atoms with Crippen LogP contribution in [0.25, 0.3) is 0 Å². The molecule has 1 N–H and O–H groups in total. The Hall–Kier alpha value is -1.50. The normalized spacial score (nSPS) is 16.0. The molecule has 0 aromatic carbocycles. The largest absolute Gasteiger partial charge is 0.343 e. The lowest BCUT2D eigenvalue weighted by Crippen LogP contribution is -2.38. The number of aryl methyl sites for hydroxylation is 1. The van der Waals surface area contributed by atoms with E-state index in [9.17, 15) is 9.59 Å². The van der Waals surface area contributed by atoms with Gasteiger partial charge in [-0.2, -0.15) is 0 Å². The van der Waals surface area contributed by atoms with Gasteiger partial charge in [0.1, 0.15) is 5.01 Å². The molecule has 0 spiro atoms. The minimum absolute atomic E-state index is 0.0727. The number of amides is 2. The lowest BCUT2D eigenvalue weighted by Gasteiger charge is -2.30. The van der Waals surface area contributed by atoms with Crippen molar-refractivity contribution < 1.29 is 9.59 Å². The van der Waals surface area contributed by atoms with E-state index in [1.807, 2.05) is 11.8 Å². The van der Waals surface area contributed by atoms with Gasteiger partial charge in [0.25, 0.3) is 0 Å². The SMILES string of the molecule is CCc1nnc(NC(=O)CCC(=O)N2CCC(C)CC2)s1. The van der Waals surface area contributed by atoms with Gasteiger partial charge in [0.15, 0.2) is 0 Å². The third kappa shape index (κ3) is 4.77. The summed E-state index contributed by atoms with van der Waals surface area (Å²) in [5, 5.41) is 11.9. The van der Waals surface area contributed by atoms with Crippen LogP contribution in [0.1, 0.15) is 44.5 Å². The summed E-state index contributed by atoms with van der Waals surface area (Å²) in [6, 6.07) is 0. The molecule has 0 atom stereocenters. The van der Waals surface area contributed by atoms with Crippen LogP contribution in [0, 0.1) is 5.92 Å². The number of carbonyl (C=O) groups excluding carboxylic acids is 2. The van der Waals surface area contributed by atoms with Crippen LogP contribution in [-0.4, -0.2) is 40.0 Å². The van der Waals surface area contributed by atoms with Crippen molar-refractivity contribution in [3.8, 4) is 0 Å². The summed E-state index contributed by atoms with van der Waals surface area (Å²) in [5.41, 5.74) is 0. The number of nitrogens with zero attached hydrogens (tertiary/aromatic N) is 3. The Bertz CT molecular complexity index is 495. The number of carbonyl (C=O) groups is 2. The van der Waals surface area contributed by atoms with Gasteiger partial charge in [-0.05, 0) is 25.2 Å². The average Bonchev–Trinajstić information content (AvgIpc) is 2.93. The highest BCUT2D eigenvalue weighted by Crippen LogP contribution is 2.18. The Morgan fingerprint density at radius 2 is 2.00 bits per heavy atom. The van der Waals surface area contributed by atoms with E-state index in [0.29, 0.717) is 11.0 Å². The molecule has 6 nitrogen and oxygen atoms in total. The van der Waals surface area contributed by atoms with Gasteiger partial charge in [-0.1, -0.05) is 25.2 Å². The van der Waals surface area contributed by atoms with Gasteiger partial charge in [-0.3, -0.25) is 9.59 Å². The van der Waals surface area contributed by atoms with Crippen molar-refractivity contribution in [1.82, 2.24) is 15.1 Å². The maximum Gasteiger partial charge on any atom is 0.226 e. The second-order valence-electron chi connectivity index (χ2n) is 5.47. The summed E-state index contributed by atoms with van der Waals surface area (Å²) in [6.07, 6.45) is 3.38. The second kappa shape index (κ2) is 7.49. The molecule has 0 radical (unpaired) electrons. The van der Waals surface area contributed by atoms with Gasteiger partial charge >= 0.3 is 0 Å². The number of hydrogen-bond acceptors (Lipinski definition) is 5. The van der Waals surface area contributed by atoms with Crippen molar-refractivity contribution in [2.75, 3.05) is 18.4 Å². The first-order chi connectivity index (χ1) is 10.1. The van der Waals surface area contributed by atoms with Gasteiger partial charge in [0.05, 0.1) is 0 Å². The average molecular weight is 310 g/mol. The molecule has 2 amide bonds. The molecular formula is C14H22N4O2S. The molecule has 1 aliphatic heterocycles. The molecule has 0 saturated carbocycles. The number of aromatic nitrogens is 2. The number of piperidine rings is 1. The van der Waals surface area contributed by atoms with Crippen molar-refractivity contribution in [3.63, 3.8) is 0 Å². The van der Waals surface area contributed by atoms with Crippen LogP contribution in [-0.2, 0) is 16.0 Å². The molecule has 7 heteroatoms. The van der Waals surface area contributed by atoms with E-state index in [0.717, 1.165) is 37.4 Å². The van der Waals surface area contributed by atoms with Gasteiger partial charge in [0, 0.05) is 25.9 Å². The van der Waals surface area contributed by atoms with Crippen molar-refractivity contribution >= 4 is 28.3 Å². The highest BCUT2D eigenvalue weighted by molar-refractivity contribution is 7.15. The van der Waals surface area contributed by atoms with Gasteiger partial charge in [0.2, 0.25) is 16.9 Å². The van der Waals surface area contributed by atoms with Crippen molar-refractivity contribution in [3.05, 3.63) is 5.01 Å². The number of rotatable bonds is 5. The number of likely N-dealkylation sites (tertiary alicyclic amines) is 1. The Morgan fingerprint density at radius 3 is 2.62 bits per heavy atom. The molecule has 1 aromatic rings. The lowest BCUT2D eigenvalue weighted by atomic mass is 9.99. The first-order valence-electron chi connectivity index (χ1n) is 7.48. The highest BCUT2D eigenvalue weighted by Gasteiger charge is 2.20. The fourth-order valence-corrected chi connectivity index (χ4v) is 2.96. The van der Waals surface area contributed by atoms with E-state index in [2.05, 4.69) is 22.4 Å². The third-order valence-corrected chi connectivity index (χ3v) is 4.70. The van der Waals surface area contributed by atoms with Crippen LogP contribution < -0.4 is 5.32 Å². The second-order valence-corrected chi connectivity index (χ2v) is 6.53. The first-order valence-corrected chi connectivity index (χ1v) is 8.30. The molecule has 2 heterocycles. The van der Waals surface area contributed by atoms with Crippen LogP contribution in [0.2, 0.25) is 0 Å². The van der Waals surface area contributed by atoms with E-state index < -0.39 is 0 Å². The molecule has 1 fully saturated rings. The van der Waals surface area contributed by atoms with Gasteiger partial charge in [-0.25, -0.2) is 0 Å². The summed E-state index contributed by atoms with van der Waals surface area (Å²) in [5.74, 6) is 0.596. The monoisotopic (exact) mass is 310 g/mol. The minimum atomic E-state index is -0.174. The van der Waals surface area contributed by atoms with E-state index >= 15 is 0 Å². The van der Waals surface area contributed by atoms with Crippen LogP contribution in [0.4, 0.5) is 5.13 Å².